The number of alkyl halides is 3. The van der Waals surface area contributed by atoms with Gasteiger partial charge in [-0.05, 0) is 38.6 Å². The molecule has 15 heavy (non-hydrogen) atoms. The highest BCUT2D eigenvalue weighted by Gasteiger charge is 2.41. The highest BCUT2D eigenvalue weighted by atomic mass is 19.4. The molecule has 1 rings (SSSR count). The molecular formula is C11H20F3N. The summed E-state index contributed by atoms with van der Waals surface area (Å²) >= 11 is 0. The van der Waals surface area contributed by atoms with E-state index in [1.54, 1.807) is 0 Å². The molecule has 90 valence electrons. The molecule has 0 bridgehead atoms. The van der Waals surface area contributed by atoms with Gasteiger partial charge in [0.1, 0.15) is 0 Å². The van der Waals surface area contributed by atoms with Gasteiger partial charge < -0.3 is 5.32 Å². The van der Waals surface area contributed by atoms with Crippen molar-refractivity contribution in [2.24, 2.45) is 5.92 Å². The number of hydrogen-bond donors (Lipinski definition) is 1. The summed E-state index contributed by atoms with van der Waals surface area (Å²) in [5.41, 5.74) is 0. The van der Waals surface area contributed by atoms with Gasteiger partial charge in [0, 0.05) is 6.04 Å². The van der Waals surface area contributed by atoms with Gasteiger partial charge in [-0.15, -0.1) is 0 Å². The Morgan fingerprint density at radius 3 is 2.20 bits per heavy atom. The van der Waals surface area contributed by atoms with Crippen LogP contribution in [0.1, 0.15) is 45.4 Å². The molecule has 0 aromatic heterocycles. The minimum Gasteiger partial charge on any atom is -0.314 e. The number of rotatable bonds is 4. The number of unbranched alkanes of at least 4 members (excludes halogenated alkanes) is 1. The quantitative estimate of drug-likeness (QED) is 0.719. The number of halogens is 3. The van der Waals surface area contributed by atoms with E-state index in [1.165, 1.54) is 0 Å². The minimum atomic E-state index is -3.98. The summed E-state index contributed by atoms with van der Waals surface area (Å²) in [5.74, 6) is -1.05. The van der Waals surface area contributed by atoms with Crippen molar-refractivity contribution < 1.29 is 13.2 Å². The molecule has 0 aromatic carbocycles. The summed E-state index contributed by atoms with van der Waals surface area (Å²) in [6, 6.07) is 0.315. The SMILES string of the molecule is CCCCNC1CCC(C(F)(F)F)CC1. The van der Waals surface area contributed by atoms with Crippen LogP contribution in [0, 0.1) is 5.92 Å². The Hall–Kier alpha value is -0.250. The van der Waals surface area contributed by atoms with Crippen molar-refractivity contribution in [1.29, 1.82) is 0 Å². The predicted octanol–water partition coefficient (Wildman–Crippen LogP) is 3.50. The molecule has 4 heteroatoms. The topological polar surface area (TPSA) is 12.0 Å². The van der Waals surface area contributed by atoms with Gasteiger partial charge in [-0.2, -0.15) is 13.2 Å². The maximum Gasteiger partial charge on any atom is 0.391 e. The third-order valence-corrected chi connectivity index (χ3v) is 3.15. The lowest BCUT2D eigenvalue weighted by molar-refractivity contribution is -0.182. The molecule has 0 atom stereocenters. The van der Waals surface area contributed by atoms with Crippen LogP contribution in [0.15, 0.2) is 0 Å². The Morgan fingerprint density at radius 1 is 1.13 bits per heavy atom. The van der Waals surface area contributed by atoms with Crippen LogP contribution < -0.4 is 5.32 Å². The first-order valence-electron chi connectivity index (χ1n) is 5.84. The van der Waals surface area contributed by atoms with Gasteiger partial charge in [0.25, 0.3) is 0 Å². The molecular weight excluding hydrogens is 203 g/mol. The predicted molar refractivity (Wildman–Crippen MR) is 54.7 cm³/mol. The molecule has 1 N–H and O–H groups in total. The van der Waals surface area contributed by atoms with Gasteiger partial charge in [-0.25, -0.2) is 0 Å². The number of nitrogens with one attached hydrogen (secondary N) is 1. The second-order valence-corrected chi connectivity index (χ2v) is 4.40. The zero-order valence-electron chi connectivity index (χ0n) is 9.24. The van der Waals surface area contributed by atoms with Gasteiger partial charge in [0.15, 0.2) is 0 Å². The van der Waals surface area contributed by atoms with Crippen molar-refractivity contribution in [1.82, 2.24) is 5.32 Å². The minimum absolute atomic E-state index is 0.299. The van der Waals surface area contributed by atoms with E-state index in [1.807, 2.05) is 0 Å². The molecule has 1 saturated carbocycles. The van der Waals surface area contributed by atoms with E-state index in [2.05, 4.69) is 12.2 Å². The van der Waals surface area contributed by atoms with Gasteiger partial charge in [-0.3, -0.25) is 0 Å². The molecule has 0 unspecified atom stereocenters. The highest BCUT2D eigenvalue weighted by Crippen LogP contribution is 2.37. The normalized spacial score (nSPS) is 28.0. The first-order valence-corrected chi connectivity index (χ1v) is 5.84. The third kappa shape index (κ3) is 4.41. The maximum atomic E-state index is 12.4. The van der Waals surface area contributed by atoms with Crippen molar-refractivity contribution in [2.75, 3.05) is 6.54 Å². The molecule has 0 heterocycles. The average molecular weight is 223 g/mol. The van der Waals surface area contributed by atoms with E-state index < -0.39 is 12.1 Å². The summed E-state index contributed by atoms with van der Waals surface area (Å²) < 4.78 is 37.1. The van der Waals surface area contributed by atoms with Crippen molar-refractivity contribution in [3.63, 3.8) is 0 Å². The Bertz CT molecular complexity index is 171. The molecule has 0 spiro atoms. The Morgan fingerprint density at radius 2 is 1.73 bits per heavy atom. The number of hydrogen-bond acceptors (Lipinski definition) is 1. The smallest absolute Gasteiger partial charge is 0.314 e. The van der Waals surface area contributed by atoms with Crippen LogP contribution in [0.4, 0.5) is 13.2 Å². The van der Waals surface area contributed by atoms with Crippen LogP contribution in [-0.4, -0.2) is 18.8 Å². The molecule has 1 aliphatic carbocycles. The molecule has 1 aliphatic rings. The van der Waals surface area contributed by atoms with Gasteiger partial charge in [0.05, 0.1) is 5.92 Å². The van der Waals surface area contributed by atoms with Crippen molar-refractivity contribution in [3.05, 3.63) is 0 Å². The summed E-state index contributed by atoms with van der Waals surface area (Å²) in [4.78, 5) is 0. The molecule has 0 saturated heterocycles. The zero-order valence-corrected chi connectivity index (χ0v) is 9.24. The lowest BCUT2D eigenvalue weighted by Crippen LogP contribution is -2.37. The second kappa shape index (κ2) is 5.73. The molecule has 0 aliphatic heterocycles. The largest absolute Gasteiger partial charge is 0.391 e. The first kappa shape index (κ1) is 12.8. The third-order valence-electron chi connectivity index (χ3n) is 3.15. The van der Waals surface area contributed by atoms with E-state index in [-0.39, 0.29) is 0 Å². The molecule has 0 aromatic rings. The Labute approximate surface area is 89.4 Å². The Balaban J connectivity index is 2.18. The summed E-state index contributed by atoms with van der Waals surface area (Å²) in [6.07, 6.45) is 0.209. The van der Waals surface area contributed by atoms with Crippen molar-refractivity contribution >= 4 is 0 Å². The van der Waals surface area contributed by atoms with Crippen LogP contribution >= 0.6 is 0 Å². The van der Waals surface area contributed by atoms with E-state index in [0.717, 1.165) is 19.4 Å². The van der Waals surface area contributed by atoms with E-state index in [9.17, 15) is 13.2 Å². The summed E-state index contributed by atoms with van der Waals surface area (Å²) in [6.45, 7) is 3.06. The van der Waals surface area contributed by atoms with Gasteiger partial charge in [0.2, 0.25) is 0 Å². The molecule has 1 fully saturated rings. The first-order chi connectivity index (χ1) is 7.04. The van der Waals surface area contributed by atoms with Crippen molar-refractivity contribution in [3.8, 4) is 0 Å². The second-order valence-electron chi connectivity index (χ2n) is 4.40. The molecule has 1 nitrogen and oxygen atoms in total. The van der Waals surface area contributed by atoms with Gasteiger partial charge in [-0.1, -0.05) is 13.3 Å². The average Bonchev–Trinajstić information content (AvgIpc) is 2.18. The lowest BCUT2D eigenvalue weighted by atomic mass is 9.85. The fourth-order valence-electron chi connectivity index (χ4n) is 2.11. The molecule has 0 radical (unpaired) electrons. The van der Waals surface area contributed by atoms with Crippen LogP contribution in [0.2, 0.25) is 0 Å². The standard InChI is InChI=1S/C11H20F3N/c1-2-3-8-15-10-6-4-9(5-7-10)11(12,13)14/h9-10,15H,2-8H2,1H3. The van der Waals surface area contributed by atoms with Crippen LogP contribution in [0.5, 0.6) is 0 Å². The summed E-state index contributed by atoms with van der Waals surface area (Å²) in [5, 5.41) is 3.33. The van der Waals surface area contributed by atoms with Crippen LogP contribution in [0.3, 0.4) is 0 Å². The van der Waals surface area contributed by atoms with Crippen LogP contribution in [-0.2, 0) is 0 Å². The van der Waals surface area contributed by atoms with Gasteiger partial charge >= 0.3 is 6.18 Å². The fraction of sp³-hybridized carbons (Fsp3) is 1.00. The van der Waals surface area contributed by atoms with Crippen molar-refractivity contribution in [2.45, 2.75) is 57.7 Å². The van der Waals surface area contributed by atoms with E-state index >= 15 is 0 Å². The summed E-state index contributed by atoms with van der Waals surface area (Å²) in [7, 11) is 0. The Kier molecular flexibility index (Phi) is 4.90. The van der Waals surface area contributed by atoms with E-state index in [0.29, 0.717) is 31.7 Å². The van der Waals surface area contributed by atoms with E-state index in [4.69, 9.17) is 0 Å². The lowest BCUT2D eigenvalue weighted by Gasteiger charge is -2.30. The zero-order chi connectivity index (χ0) is 11.3. The molecule has 0 amide bonds. The monoisotopic (exact) mass is 223 g/mol. The fourth-order valence-corrected chi connectivity index (χ4v) is 2.11. The highest BCUT2D eigenvalue weighted by molar-refractivity contribution is 4.80. The maximum absolute atomic E-state index is 12.4. The van der Waals surface area contributed by atoms with Crippen LogP contribution in [0.25, 0.3) is 0 Å².